The average Bonchev–Trinajstić information content (AvgIpc) is 2.83. The Morgan fingerprint density at radius 2 is 2.39 bits per heavy atom. The Morgan fingerprint density at radius 1 is 1.56 bits per heavy atom. The van der Waals surface area contributed by atoms with Crippen LogP contribution in [0.1, 0.15) is 44.2 Å². The fourth-order valence-electron chi connectivity index (χ4n) is 2.20. The lowest BCUT2D eigenvalue weighted by atomic mass is 9.94. The standard InChI is InChI=1S/C14H17N3O/c1-3-5-7-11(6-4-2)12-10-14(18)17-13(16-12)8-9-15-17/h1,8-11,15H,4-7H2,2H3. The molecular formula is C14H17N3O. The van der Waals surface area contributed by atoms with E-state index in [9.17, 15) is 4.79 Å². The van der Waals surface area contributed by atoms with Gasteiger partial charge in [-0.1, -0.05) is 13.3 Å². The second kappa shape index (κ2) is 5.54. The van der Waals surface area contributed by atoms with Crippen molar-refractivity contribution in [2.75, 3.05) is 0 Å². The van der Waals surface area contributed by atoms with Crippen LogP contribution in [0, 0.1) is 12.3 Å². The molecule has 0 saturated heterocycles. The van der Waals surface area contributed by atoms with Crippen LogP contribution < -0.4 is 5.56 Å². The Morgan fingerprint density at radius 3 is 3.11 bits per heavy atom. The van der Waals surface area contributed by atoms with Gasteiger partial charge in [0, 0.05) is 30.7 Å². The van der Waals surface area contributed by atoms with Crippen LogP contribution in [0.3, 0.4) is 0 Å². The minimum Gasteiger partial charge on any atom is -0.297 e. The van der Waals surface area contributed by atoms with Crippen molar-refractivity contribution in [2.45, 2.75) is 38.5 Å². The second-order valence-electron chi connectivity index (χ2n) is 4.40. The third-order valence-electron chi connectivity index (χ3n) is 3.09. The van der Waals surface area contributed by atoms with Gasteiger partial charge in [0.15, 0.2) is 5.65 Å². The molecule has 4 nitrogen and oxygen atoms in total. The molecule has 18 heavy (non-hydrogen) atoms. The molecule has 0 amide bonds. The Kier molecular flexibility index (Phi) is 3.83. The number of nitrogens with one attached hydrogen (secondary N) is 1. The van der Waals surface area contributed by atoms with E-state index < -0.39 is 0 Å². The van der Waals surface area contributed by atoms with Crippen molar-refractivity contribution in [3.63, 3.8) is 0 Å². The molecule has 0 aromatic carbocycles. The van der Waals surface area contributed by atoms with E-state index in [-0.39, 0.29) is 11.5 Å². The summed E-state index contributed by atoms with van der Waals surface area (Å²) in [5.41, 5.74) is 1.46. The van der Waals surface area contributed by atoms with Gasteiger partial charge < -0.3 is 0 Å². The van der Waals surface area contributed by atoms with Gasteiger partial charge in [0.2, 0.25) is 0 Å². The van der Waals surface area contributed by atoms with E-state index in [1.54, 1.807) is 18.3 Å². The molecule has 0 spiro atoms. The number of fused-ring (bicyclic) bond motifs is 1. The van der Waals surface area contributed by atoms with E-state index in [0.717, 1.165) is 31.4 Å². The maximum Gasteiger partial charge on any atom is 0.272 e. The smallest absolute Gasteiger partial charge is 0.272 e. The number of H-pyrrole nitrogens is 1. The first kappa shape index (κ1) is 12.4. The molecule has 1 atom stereocenters. The van der Waals surface area contributed by atoms with Gasteiger partial charge in [-0.15, -0.1) is 12.3 Å². The number of terminal acetylenes is 1. The molecule has 0 aliphatic carbocycles. The molecule has 2 heterocycles. The van der Waals surface area contributed by atoms with Gasteiger partial charge in [-0.25, -0.2) is 9.50 Å². The van der Waals surface area contributed by atoms with Crippen LogP contribution in [0.4, 0.5) is 0 Å². The molecule has 0 aliphatic heterocycles. The van der Waals surface area contributed by atoms with E-state index in [0.29, 0.717) is 5.65 Å². The predicted octanol–water partition coefficient (Wildman–Crippen LogP) is 2.32. The van der Waals surface area contributed by atoms with Crippen molar-refractivity contribution in [2.24, 2.45) is 0 Å². The van der Waals surface area contributed by atoms with Crippen LogP contribution in [0.5, 0.6) is 0 Å². The van der Waals surface area contributed by atoms with E-state index in [4.69, 9.17) is 6.42 Å². The third-order valence-corrected chi connectivity index (χ3v) is 3.09. The highest BCUT2D eigenvalue weighted by Crippen LogP contribution is 2.24. The molecule has 0 saturated carbocycles. The van der Waals surface area contributed by atoms with Crippen molar-refractivity contribution in [1.82, 2.24) is 14.6 Å². The topological polar surface area (TPSA) is 50.2 Å². The third kappa shape index (κ3) is 2.45. The maximum atomic E-state index is 11.9. The van der Waals surface area contributed by atoms with Gasteiger partial charge in [0.05, 0.1) is 5.69 Å². The van der Waals surface area contributed by atoms with E-state index in [2.05, 4.69) is 22.9 Å². The van der Waals surface area contributed by atoms with Crippen molar-refractivity contribution in [3.8, 4) is 12.3 Å². The molecule has 0 bridgehead atoms. The number of aromatic nitrogens is 3. The molecular weight excluding hydrogens is 226 g/mol. The summed E-state index contributed by atoms with van der Waals surface area (Å²) in [6, 6.07) is 3.41. The van der Waals surface area contributed by atoms with Crippen LogP contribution in [0.25, 0.3) is 5.65 Å². The van der Waals surface area contributed by atoms with Gasteiger partial charge in [-0.3, -0.25) is 9.89 Å². The lowest BCUT2D eigenvalue weighted by molar-refractivity contribution is 0.563. The fourth-order valence-corrected chi connectivity index (χ4v) is 2.20. The van der Waals surface area contributed by atoms with Crippen LogP contribution in [-0.2, 0) is 0 Å². The summed E-state index contributed by atoms with van der Waals surface area (Å²) >= 11 is 0. The lowest BCUT2D eigenvalue weighted by Crippen LogP contribution is -2.17. The zero-order valence-corrected chi connectivity index (χ0v) is 10.5. The van der Waals surface area contributed by atoms with Crippen LogP contribution >= 0.6 is 0 Å². The zero-order valence-electron chi connectivity index (χ0n) is 10.5. The number of nitrogens with zero attached hydrogens (tertiary/aromatic N) is 2. The summed E-state index contributed by atoms with van der Waals surface area (Å²) in [6.45, 7) is 2.13. The maximum absolute atomic E-state index is 11.9. The first-order chi connectivity index (χ1) is 8.76. The number of hydrogen-bond donors (Lipinski definition) is 1. The average molecular weight is 243 g/mol. The normalized spacial score (nSPS) is 12.4. The molecule has 1 unspecified atom stereocenters. The summed E-state index contributed by atoms with van der Waals surface area (Å²) in [4.78, 5) is 16.4. The van der Waals surface area contributed by atoms with Crippen LogP contribution in [0.15, 0.2) is 23.1 Å². The molecule has 94 valence electrons. The lowest BCUT2D eigenvalue weighted by Gasteiger charge is -2.14. The van der Waals surface area contributed by atoms with Gasteiger partial charge in [-0.05, 0) is 12.8 Å². The first-order valence-electron chi connectivity index (χ1n) is 6.26. The molecule has 1 N–H and O–H groups in total. The molecule has 4 heteroatoms. The Hall–Kier alpha value is -2.02. The first-order valence-corrected chi connectivity index (χ1v) is 6.26. The predicted molar refractivity (Wildman–Crippen MR) is 71.5 cm³/mol. The highest BCUT2D eigenvalue weighted by molar-refractivity contribution is 5.37. The highest BCUT2D eigenvalue weighted by atomic mass is 16.1. The minimum atomic E-state index is -0.0678. The van der Waals surface area contributed by atoms with Crippen molar-refractivity contribution in [3.05, 3.63) is 34.4 Å². The van der Waals surface area contributed by atoms with Crippen molar-refractivity contribution in [1.29, 1.82) is 0 Å². The van der Waals surface area contributed by atoms with Gasteiger partial charge >= 0.3 is 0 Å². The van der Waals surface area contributed by atoms with E-state index >= 15 is 0 Å². The second-order valence-corrected chi connectivity index (χ2v) is 4.40. The Balaban J connectivity index is 2.37. The van der Waals surface area contributed by atoms with E-state index in [1.807, 2.05) is 0 Å². The van der Waals surface area contributed by atoms with Crippen LogP contribution in [-0.4, -0.2) is 14.6 Å². The minimum absolute atomic E-state index is 0.0678. The summed E-state index contributed by atoms with van der Waals surface area (Å²) in [5, 5.41) is 2.84. The number of aromatic amines is 1. The summed E-state index contributed by atoms with van der Waals surface area (Å²) in [6.07, 6.45) is 10.7. The van der Waals surface area contributed by atoms with Gasteiger partial charge in [0.1, 0.15) is 0 Å². The Labute approximate surface area is 106 Å². The quantitative estimate of drug-likeness (QED) is 0.819. The van der Waals surface area contributed by atoms with Crippen LogP contribution in [0.2, 0.25) is 0 Å². The van der Waals surface area contributed by atoms with Gasteiger partial charge in [-0.2, -0.15) is 0 Å². The molecule has 2 aromatic heterocycles. The summed E-state index contributed by atoms with van der Waals surface area (Å²) in [7, 11) is 0. The van der Waals surface area contributed by atoms with Crippen molar-refractivity contribution >= 4 is 5.65 Å². The van der Waals surface area contributed by atoms with E-state index in [1.165, 1.54) is 4.52 Å². The summed E-state index contributed by atoms with van der Waals surface area (Å²) < 4.78 is 1.44. The zero-order chi connectivity index (χ0) is 13.0. The molecule has 2 aromatic rings. The number of hydrogen-bond acceptors (Lipinski definition) is 2. The largest absolute Gasteiger partial charge is 0.297 e. The highest BCUT2D eigenvalue weighted by Gasteiger charge is 2.14. The molecule has 0 fully saturated rings. The van der Waals surface area contributed by atoms with Gasteiger partial charge in [0.25, 0.3) is 5.56 Å². The monoisotopic (exact) mass is 243 g/mol. The fraction of sp³-hybridized carbons (Fsp3) is 0.429. The Bertz CT molecular complexity index is 618. The number of rotatable bonds is 5. The molecule has 0 radical (unpaired) electrons. The molecule has 0 aliphatic rings. The SMILES string of the molecule is C#CCCC(CCC)c1cc(=O)n2[nH]ccc2n1. The van der Waals surface area contributed by atoms with Crippen molar-refractivity contribution < 1.29 is 0 Å². The molecule has 2 rings (SSSR count). The summed E-state index contributed by atoms with van der Waals surface area (Å²) in [5.74, 6) is 2.93.